The van der Waals surface area contributed by atoms with Crippen LogP contribution in [0.2, 0.25) is 0 Å². The molecule has 0 radical (unpaired) electrons. The van der Waals surface area contributed by atoms with Crippen LogP contribution in [0.5, 0.6) is 0 Å². The van der Waals surface area contributed by atoms with E-state index in [1.807, 2.05) is 0 Å². The van der Waals surface area contributed by atoms with Gasteiger partial charge in [-0.1, -0.05) is 18.2 Å². The molecule has 1 atom stereocenters. The number of hydrogen-bond donors (Lipinski definition) is 2. The molecule has 0 bridgehead atoms. The van der Waals surface area contributed by atoms with E-state index in [2.05, 4.69) is 10.3 Å². The maximum atomic E-state index is 14.5. The number of sulfone groups is 1. The second-order valence-electron chi connectivity index (χ2n) is 7.56. The molecule has 28 heavy (non-hydrogen) atoms. The summed E-state index contributed by atoms with van der Waals surface area (Å²) in [5.41, 5.74) is 5.07. The second kappa shape index (κ2) is 6.70. The Balaban J connectivity index is 2.12. The van der Waals surface area contributed by atoms with Gasteiger partial charge in [-0.2, -0.15) is 0 Å². The fourth-order valence-electron chi connectivity index (χ4n) is 3.15. The van der Waals surface area contributed by atoms with Gasteiger partial charge in [-0.05, 0) is 51.1 Å². The lowest BCUT2D eigenvalue weighted by Gasteiger charge is -2.39. The van der Waals surface area contributed by atoms with Crippen LogP contribution < -0.4 is 11.1 Å². The van der Waals surface area contributed by atoms with Crippen molar-refractivity contribution in [3.05, 3.63) is 65.5 Å². The van der Waals surface area contributed by atoms with Crippen LogP contribution in [-0.4, -0.2) is 30.7 Å². The molecule has 3 rings (SSSR count). The van der Waals surface area contributed by atoms with Gasteiger partial charge in [-0.3, -0.25) is 9.79 Å². The summed E-state index contributed by atoms with van der Waals surface area (Å²) in [5, 5.41) is 2.62. The van der Waals surface area contributed by atoms with Crippen molar-refractivity contribution in [3.63, 3.8) is 0 Å². The molecule has 1 amide bonds. The fraction of sp³-hybridized carbons (Fsp3) is 0.300. The highest BCUT2D eigenvalue weighted by Crippen LogP contribution is 2.38. The third-order valence-corrected chi connectivity index (χ3v) is 7.71. The predicted octanol–water partition coefficient (Wildman–Crippen LogP) is 2.66. The SMILES string of the molecule is CC1(C)C(NC(=O)c2ccccc2)=N[C@](C)(c2cc(N)ccc2F)CS1(=O)=O. The number of amidine groups is 1. The van der Waals surface area contributed by atoms with E-state index in [4.69, 9.17) is 5.73 Å². The van der Waals surface area contributed by atoms with Gasteiger partial charge >= 0.3 is 0 Å². The Morgan fingerprint density at radius 2 is 1.79 bits per heavy atom. The van der Waals surface area contributed by atoms with Crippen LogP contribution in [0.1, 0.15) is 36.7 Å². The number of nitrogen functional groups attached to an aromatic ring is 1. The largest absolute Gasteiger partial charge is 0.399 e. The molecule has 1 aliphatic rings. The molecule has 3 N–H and O–H groups in total. The molecule has 2 aromatic rings. The highest BCUT2D eigenvalue weighted by Gasteiger charge is 2.50. The smallest absolute Gasteiger partial charge is 0.256 e. The first-order valence-corrected chi connectivity index (χ1v) is 10.4. The van der Waals surface area contributed by atoms with Crippen molar-refractivity contribution in [2.24, 2.45) is 4.99 Å². The van der Waals surface area contributed by atoms with Crippen molar-refractivity contribution < 1.29 is 17.6 Å². The molecule has 0 saturated heterocycles. The van der Waals surface area contributed by atoms with Crippen LogP contribution in [-0.2, 0) is 15.4 Å². The Hall–Kier alpha value is -2.74. The molecular weight excluding hydrogens is 381 g/mol. The van der Waals surface area contributed by atoms with Crippen LogP contribution in [0, 0.1) is 5.82 Å². The number of hydrogen-bond acceptors (Lipinski definition) is 5. The van der Waals surface area contributed by atoms with E-state index in [1.54, 1.807) is 30.3 Å². The van der Waals surface area contributed by atoms with Crippen molar-refractivity contribution in [1.82, 2.24) is 5.32 Å². The topological polar surface area (TPSA) is 102 Å². The van der Waals surface area contributed by atoms with E-state index >= 15 is 0 Å². The quantitative estimate of drug-likeness (QED) is 0.753. The van der Waals surface area contributed by atoms with Crippen LogP contribution in [0.25, 0.3) is 0 Å². The minimum absolute atomic E-state index is 0.0306. The highest BCUT2D eigenvalue weighted by molar-refractivity contribution is 7.93. The Morgan fingerprint density at radius 3 is 2.43 bits per heavy atom. The van der Waals surface area contributed by atoms with E-state index in [9.17, 15) is 17.6 Å². The molecule has 1 aliphatic heterocycles. The van der Waals surface area contributed by atoms with Crippen LogP contribution in [0.15, 0.2) is 53.5 Å². The number of anilines is 1. The number of aliphatic imine (C=N–C) groups is 1. The third kappa shape index (κ3) is 3.40. The molecule has 8 heteroatoms. The van der Waals surface area contributed by atoms with Crippen LogP contribution in [0.4, 0.5) is 10.1 Å². The van der Waals surface area contributed by atoms with E-state index < -0.39 is 37.6 Å². The van der Waals surface area contributed by atoms with Gasteiger partial charge in [0.25, 0.3) is 5.91 Å². The van der Waals surface area contributed by atoms with E-state index in [0.29, 0.717) is 11.3 Å². The number of carbonyl (C=O) groups is 1. The number of halogens is 1. The molecule has 0 saturated carbocycles. The number of amides is 1. The molecular formula is C20H22FN3O3S. The molecule has 0 aliphatic carbocycles. The third-order valence-electron chi connectivity index (χ3n) is 5.02. The van der Waals surface area contributed by atoms with E-state index in [1.165, 1.54) is 39.0 Å². The van der Waals surface area contributed by atoms with Crippen LogP contribution in [0.3, 0.4) is 0 Å². The molecule has 0 unspecified atom stereocenters. The molecule has 0 fully saturated rings. The lowest BCUT2D eigenvalue weighted by Crippen LogP contribution is -2.57. The van der Waals surface area contributed by atoms with Gasteiger partial charge in [0, 0.05) is 16.8 Å². The van der Waals surface area contributed by atoms with Gasteiger partial charge in [0.1, 0.15) is 21.9 Å². The van der Waals surface area contributed by atoms with Gasteiger partial charge in [-0.25, -0.2) is 12.8 Å². The zero-order chi connectivity index (χ0) is 20.7. The van der Waals surface area contributed by atoms with Crippen molar-refractivity contribution >= 4 is 27.3 Å². The lowest BCUT2D eigenvalue weighted by molar-refractivity contribution is 0.0975. The van der Waals surface area contributed by atoms with Gasteiger partial charge < -0.3 is 11.1 Å². The molecule has 0 spiro atoms. The Labute approximate surface area is 163 Å². The average molecular weight is 403 g/mol. The Kier molecular flexibility index (Phi) is 4.79. The summed E-state index contributed by atoms with van der Waals surface area (Å²) in [6.07, 6.45) is 0. The monoisotopic (exact) mass is 403 g/mol. The normalized spacial score (nSPS) is 22.9. The zero-order valence-electron chi connectivity index (χ0n) is 15.9. The second-order valence-corrected chi connectivity index (χ2v) is 10.1. The molecule has 0 aromatic heterocycles. The summed E-state index contributed by atoms with van der Waals surface area (Å²) in [7, 11) is -3.78. The van der Waals surface area contributed by atoms with Crippen molar-refractivity contribution in [1.29, 1.82) is 0 Å². The first kappa shape index (κ1) is 20.0. The summed E-state index contributed by atoms with van der Waals surface area (Å²) in [6.45, 7) is 4.47. The molecule has 2 aromatic carbocycles. The number of nitrogens with two attached hydrogens (primary N) is 1. The summed E-state index contributed by atoms with van der Waals surface area (Å²) in [4.78, 5) is 17.1. The summed E-state index contributed by atoms with van der Waals surface area (Å²) in [6, 6.07) is 12.3. The Morgan fingerprint density at radius 1 is 1.14 bits per heavy atom. The number of benzene rings is 2. The Bertz CT molecular complexity index is 1070. The van der Waals surface area contributed by atoms with Gasteiger partial charge in [0.15, 0.2) is 9.84 Å². The fourth-order valence-corrected chi connectivity index (χ4v) is 4.86. The summed E-state index contributed by atoms with van der Waals surface area (Å²) < 4.78 is 39.1. The predicted molar refractivity (Wildman–Crippen MR) is 107 cm³/mol. The van der Waals surface area contributed by atoms with Crippen molar-refractivity contribution in [3.8, 4) is 0 Å². The number of rotatable bonds is 2. The molecule has 6 nitrogen and oxygen atoms in total. The first-order valence-electron chi connectivity index (χ1n) is 8.71. The van der Waals surface area contributed by atoms with Gasteiger partial charge in [0.05, 0.1) is 5.75 Å². The standard InChI is InChI=1S/C20H22FN3O3S/c1-19(2)18(23-17(25)13-7-5-4-6-8-13)24-20(3,12-28(19,26)27)15-11-14(22)9-10-16(15)21/h4-11H,12,22H2,1-3H3,(H,23,24,25)/t20-/m0/s1. The molecule has 148 valence electrons. The zero-order valence-corrected chi connectivity index (χ0v) is 16.7. The summed E-state index contributed by atoms with van der Waals surface area (Å²) in [5.74, 6) is -1.53. The van der Waals surface area contributed by atoms with Gasteiger partial charge in [-0.15, -0.1) is 0 Å². The van der Waals surface area contributed by atoms with E-state index in [-0.39, 0.29) is 11.4 Å². The van der Waals surface area contributed by atoms with E-state index in [0.717, 1.165) is 0 Å². The minimum Gasteiger partial charge on any atom is -0.399 e. The average Bonchev–Trinajstić information content (AvgIpc) is 2.62. The lowest BCUT2D eigenvalue weighted by atomic mass is 9.92. The van der Waals surface area contributed by atoms with Crippen molar-refractivity contribution in [2.75, 3.05) is 11.5 Å². The van der Waals surface area contributed by atoms with Crippen molar-refractivity contribution in [2.45, 2.75) is 31.1 Å². The molecule has 1 heterocycles. The summed E-state index contributed by atoms with van der Waals surface area (Å²) >= 11 is 0. The number of nitrogens with zero attached hydrogens (tertiary/aromatic N) is 1. The maximum absolute atomic E-state index is 14.5. The highest BCUT2D eigenvalue weighted by atomic mass is 32.2. The van der Waals surface area contributed by atoms with Crippen LogP contribution >= 0.6 is 0 Å². The first-order chi connectivity index (χ1) is 13.0. The number of nitrogens with one attached hydrogen (secondary N) is 1. The number of carbonyl (C=O) groups excluding carboxylic acids is 1. The minimum atomic E-state index is -3.78. The van der Waals surface area contributed by atoms with Gasteiger partial charge in [0.2, 0.25) is 0 Å². The maximum Gasteiger partial charge on any atom is 0.256 e.